The minimum Gasteiger partial charge on any atom is -0.454 e. The molecule has 0 saturated heterocycles. The summed E-state index contributed by atoms with van der Waals surface area (Å²) >= 11 is 1.47. The van der Waals surface area contributed by atoms with E-state index in [0.717, 1.165) is 17.0 Å². The van der Waals surface area contributed by atoms with Crippen LogP contribution in [0, 0.1) is 13.8 Å². The van der Waals surface area contributed by atoms with Gasteiger partial charge in [-0.2, -0.15) is 0 Å². The fourth-order valence-corrected chi connectivity index (χ4v) is 3.31. The van der Waals surface area contributed by atoms with Gasteiger partial charge in [0.2, 0.25) is 11.7 Å². The van der Waals surface area contributed by atoms with E-state index in [1.54, 1.807) is 31.2 Å². The zero-order chi connectivity index (χ0) is 21.6. The Hall–Kier alpha value is -2.74. The number of thioether (sulfide) groups is 1. The Morgan fingerprint density at radius 1 is 1.10 bits per heavy atom. The summed E-state index contributed by atoms with van der Waals surface area (Å²) < 4.78 is 5.30. The number of ether oxygens (including phenoxy) is 1. The molecule has 0 aliphatic heterocycles. The van der Waals surface area contributed by atoms with Gasteiger partial charge in [-0.3, -0.25) is 14.4 Å². The third kappa shape index (κ3) is 6.39. The second-order valence-corrected chi connectivity index (χ2v) is 7.39. The van der Waals surface area contributed by atoms with Gasteiger partial charge in [-0.25, -0.2) is 9.97 Å². The Kier molecular flexibility index (Phi) is 7.90. The number of hydrogen-bond donors (Lipinski definition) is 1. The first-order chi connectivity index (χ1) is 13.7. The zero-order valence-electron chi connectivity index (χ0n) is 17.2. The van der Waals surface area contributed by atoms with Gasteiger partial charge >= 0.3 is 5.97 Å². The van der Waals surface area contributed by atoms with Crippen LogP contribution in [0.4, 0.5) is 5.69 Å². The molecular formula is C21H25N3O4S. The van der Waals surface area contributed by atoms with Crippen LogP contribution >= 0.6 is 11.8 Å². The first kappa shape index (κ1) is 22.5. The minimum absolute atomic E-state index is 0.142. The van der Waals surface area contributed by atoms with Crippen molar-refractivity contribution in [1.82, 2.24) is 9.97 Å². The number of rotatable bonds is 8. The van der Waals surface area contributed by atoms with Crippen molar-refractivity contribution in [3.8, 4) is 0 Å². The molecule has 1 aromatic heterocycles. The predicted molar refractivity (Wildman–Crippen MR) is 112 cm³/mol. The van der Waals surface area contributed by atoms with E-state index in [-0.39, 0.29) is 18.1 Å². The van der Waals surface area contributed by atoms with Crippen LogP contribution in [-0.2, 0) is 20.7 Å². The molecule has 29 heavy (non-hydrogen) atoms. The van der Waals surface area contributed by atoms with Crippen molar-refractivity contribution in [2.75, 3.05) is 11.6 Å². The number of Topliss-reactive ketones (excluding diaryl/α,β-unsaturated/α-hetero) is 1. The summed E-state index contributed by atoms with van der Waals surface area (Å²) in [6, 6.07) is 6.45. The summed E-state index contributed by atoms with van der Waals surface area (Å²) in [6.07, 6.45) is 1.61. The average Bonchev–Trinajstić information content (AvgIpc) is 2.66. The Balaban J connectivity index is 1.93. The van der Waals surface area contributed by atoms with E-state index in [0.29, 0.717) is 22.8 Å². The smallest absolute Gasteiger partial charge is 0.306 e. The molecule has 0 bridgehead atoms. The number of ketones is 1. The molecule has 1 aromatic carbocycles. The van der Waals surface area contributed by atoms with Crippen molar-refractivity contribution < 1.29 is 19.1 Å². The van der Waals surface area contributed by atoms with E-state index in [2.05, 4.69) is 15.3 Å². The van der Waals surface area contributed by atoms with Gasteiger partial charge in [-0.1, -0.05) is 11.8 Å². The average molecular weight is 416 g/mol. The van der Waals surface area contributed by atoms with Crippen molar-refractivity contribution in [3.05, 3.63) is 46.8 Å². The molecule has 0 unspecified atom stereocenters. The summed E-state index contributed by atoms with van der Waals surface area (Å²) in [6.45, 7) is 6.75. The number of aromatic nitrogens is 2. The highest BCUT2D eigenvalue weighted by molar-refractivity contribution is 7.98. The van der Waals surface area contributed by atoms with Crippen LogP contribution in [0.15, 0.2) is 29.4 Å². The number of nitrogens with zero attached hydrogens (tertiary/aromatic N) is 2. The lowest BCUT2D eigenvalue weighted by Crippen LogP contribution is -2.24. The molecule has 154 valence electrons. The van der Waals surface area contributed by atoms with Crippen LogP contribution in [-0.4, -0.2) is 40.0 Å². The Labute approximate surface area is 174 Å². The number of nitrogens with one attached hydrogen (secondary N) is 1. The normalized spacial score (nSPS) is 11.6. The van der Waals surface area contributed by atoms with Gasteiger partial charge in [0.1, 0.15) is 0 Å². The number of esters is 1. The van der Waals surface area contributed by atoms with Crippen LogP contribution in [0.2, 0.25) is 0 Å². The maximum Gasteiger partial charge on any atom is 0.306 e. The first-order valence-corrected chi connectivity index (χ1v) is 10.4. The van der Waals surface area contributed by atoms with E-state index in [1.807, 2.05) is 20.1 Å². The molecule has 0 fully saturated rings. The van der Waals surface area contributed by atoms with E-state index < -0.39 is 12.1 Å². The topological polar surface area (TPSA) is 98.2 Å². The molecule has 1 amide bonds. The van der Waals surface area contributed by atoms with Crippen LogP contribution < -0.4 is 5.32 Å². The van der Waals surface area contributed by atoms with Crippen molar-refractivity contribution in [2.24, 2.45) is 0 Å². The van der Waals surface area contributed by atoms with Crippen LogP contribution in [0.1, 0.15) is 47.6 Å². The van der Waals surface area contributed by atoms with E-state index >= 15 is 0 Å². The molecule has 0 spiro atoms. The van der Waals surface area contributed by atoms with Crippen molar-refractivity contribution in [1.29, 1.82) is 0 Å². The lowest BCUT2D eigenvalue weighted by molar-refractivity contribution is -0.146. The molecular weight excluding hydrogens is 390 g/mol. The van der Waals surface area contributed by atoms with Crippen LogP contribution in [0.25, 0.3) is 0 Å². The number of carbonyl (C=O) groups excluding carboxylic acids is 3. The first-order valence-electron chi connectivity index (χ1n) is 9.20. The highest BCUT2D eigenvalue weighted by Crippen LogP contribution is 2.18. The molecule has 0 aliphatic carbocycles. The molecule has 0 radical (unpaired) electrons. The number of carbonyl (C=O) groups is 3. The third-order valence-corrected chi connectivity index (χ3v) is 4.88. The molecule has 8 heteroatoms. The highest BCUT2D eigenvalue weighted by Gasteiger charge is 2.20. The summed E-state index contributed by atoms with van der Waals surface area (Å²) in [5.41, 5.74) is 3.62. The third-order valence-electron chi connectivity index (χ3n) is 4.33. The van der Waals surface area contributed by atoms with E-state index in [9.17, 15) is 14.4 Å². The van der Waals surface area contributed by atoms with Gasteiger partial charge in [0.05, 0.1) is 0 Å². The van der Waals surface area contributed by atoms with Crippen LogP contribution in [0.3, 0.4) is 0 Å². The van der Waals surface area contributed by atoms with Gasteiger partial charge in [0.15, 0.2) is 11.3 Å². The summed E-state index contributed by atoms with van der Waals surface area (Å²) in [5.74, 6) is -0.938. The second-order valence-electron chi connectivity index (χ2n) is 6.61. The maximum atomic E-state index is 12.5. The predicted octanol–water partition coefficient (Wildman–Crippen LogP) is 3.52. The number of amides is 1. The van der Waals surface area contributed by atoms with Gasteiger partial charge < -0.3 is 10.1 Å². The second kappa shape index (κ2) is 10.2. The maximum absolute atomic E-state index is 12.5. The fourth-order valence-electron chi connectivity index (χ4n) is 2.85. The summed E-state index contributed by atoms with van der Waals surface area (Å²) in [5, 5.41) is 3.34. The van der Waals surface area contributed by atoms with E-state index in [4.69, 9.17) is 4.74 Å². The molecule has 0 saturated carbocycles. The molecule has 1 N–H and O–H groups in total. The summed E-state index contributed by atoms with van der Waals surface area (Å²) in [7, 11) is 0. The Bertz CT molecular complexity index is 890. The Morgan fingerprint density at radius 3 is 2.21 bits per heavy atom. The minimum atomic E-state index is -0.897. The lowest BCUT2D eigenvalue weighted by Gasteiger charge is -2.14. The highest BCUT2D eigenvalue weighted by atomic mass is 32.2. The number of anilines is 1. The van der Waals surface area contributed by atoms with Gasteiger partial charge in [-0.15, -0.1) is 0 Å². The van der Waals surface area contributed by atoms with E-state index in [1.165, 1.54) is 18.7 Å². The molecule has 2 aromatic rings. The largest absolute Gasteiger partial charge is 0.454 e. The molecule has 2 rings (SSSR count). The summed E-state index contributed by atoms with van der Waals surface area (Å²) in [4.78, 5) is 44.6. The van der Waals surface area contributed by atoms with Crippen LogP contribution in [0.5, 0.6) is 0 Å². The number of hydrogen-bond acceptors (Lipinski definition) is 7. The number of benzene rings is 1. The van der Waals surface area contributed by atoms with Crippen molar-refractivity contribution in [2.45, 2.75) is 51.8 Å². The van der Waals surface area contributed by atoms with Crippen molar-refractivity contribution >= 4 is 35.1 Å². The lowest BCUT2D eigenvalue weighted by atomic mass is 10.1. The fraction of sp³-hybridized carbons (Fsp3) is 0.381. The zero-order valence-corrected chi connectivity index (χ0v) is 18.1. The van der Waals surface area contributed by atoms with Crippen molar-refractivity contribution in [3.63, 3.8) is 0 Å². The van der Waals surface area contributed by atoms with Gasteiger partial charge in [0.25, 0.3) is 0 Å². The quantitative estimate of drug-likeness (QED) is 0.305. The molecule has 1 heterocycles. The standard InChI is InChI=1S/C21H25N3O4S/c1-12-18(13(2)23-21(22-12)29-5)10-11-19(26)28-14(3)20(27)16-6-8-17(9-7-16)24-15(4)25/h6-9,14H,10-11H2,1-5H3,(H,24,25)/t14-/m1/s1. The molecule has 7 nitrogen and oxygen atoms in total. The molecule has 1 atom stereocenters. The number of aryl methyl sites for hydroxylation is 2. The molecule has 0 aliphatic rings. The SMILES string of the molecule is CSc1nc(C)c(CCC(=O)O[C@H](C)C(=O)c2ccc(NC(C)=O)cc2)c(C)n1. The monoisotopic (exact) mass is 415 g/mol. The van der Waals surface area contributed by atoms with Gasteiger partial charge in [0, 0.05) is 36.0 Å². The van der Waals surface area contributed by atoms with Gasteiger partial charge in [-0.05, 0) is 63.3 Å². The Morgan fingerprint density at radius 2 is 1.69 bits per heavy atom.